The molecule has 112 valence electrons. The van der Waals surface area contributed by atoms with Crippen LogP contribution in [0.2, 0.25) is 0 Å². The van der Waals surface area contributed by atoms with Gasteiger partial charge in [-0.2, -0.15) is 4.31 Å². The van der Waals surface area contributed by atoms with E-state index in [0.717, 1.165) is 4.31 Å². The topological polar surface area (TPSA) is 110 Å². The summed E-state index contributed by atoms with van der Waals surface area (Å²) in [7, 11) is -0.955. The molecule has 0 saturated carbocycles. The second-order valence-electron chi connectivity index (χ2n) is 4.28. The van der Waals surface area contributed by atoms with Crippen molar-refractivity contribution in [1.29, 1.82) is 0 Å². The molecule has 1 amide bonds. The van der Waals surface area contributed by atoms with E-state index in [-0.39, 0.29) is 23.6 Å². The number of hydrogen-bond acceptors (Lipinski definition) is 5. The van der Waals surface area contributed by atoms with Crippen molar-refractivity contribution in [1.82, 2.24) is 4.31 Å². The van der Waals surface area contributed by atoms with Crippen molar-refractivity contribution in [2.24, 2.45) is 5.73 Å². The maximum absolute atomic E-state index is 12.2. The molecule has 0 saturated heterocycles. The van der Waals surface area contributed by atoms with Gasteiger partial charge in [0, 0.05) is 26.3 Å². The van der Waals surface area contributed by atoms with E-state index in [0.29, 0.717) is 0 Å². The molecular formula is C12H18N2O5S. The zero-order valence-electron chi connectivity index (χ0n) is 11.3. The number of aliphatic hydroxyl groups is 1. The molecule has 0 aliphatic carbocycles. The van der Waals surface area contributed by atoms with Crippen LogP contribution >= 0.6 is 0 Å². The highest BCUT2D eigenvalue weighted by molar-refractivity contribution is 7.89. The zero-order chi connectivity index (χ0) is 15.3. The zero-order valence-corrected chi connectivity index (χ0v) is 12.1. The van der Waals surface area contributed by atoms with Crippen LogP contribution in [0, 0.1) is 0 Å². The van der Waals surface area contributed by atoms with Gasteiger partial charge >= 0.3 is 0 Å². The van der Waals surface area contributed by atoms with E-state index < -0.39 is 22.0 Å². The highest BCUT2D eigenvalue weighted by Crippen LogP contribution is 2.15. The Kier molecular flexibility index (Phi) is 5.63. The van der Waals surface area contributed by atoms with Gasteiger partial charge in [0.15, 0.2) is 0 Å². The molecule has 0 heterocycles. The van der Waals surface area contributed by atoms with Crippen molar-refractivity contribution in [3.63, 3.8) is 0 Å². The molecule has 0 bridgehead atoms. The van der Waals surface area contributed by atoms with Crippen LogP contribution in [-0.4, -0.2) is 57.1 Å². The van der Waals surface area contributed by atoms with Gasteiger partial charge in [-0.05, 0) is 24.3 Å². The Morgan fingerprint density at radius 3 is 2.40 bits per heavy atom. The van der Waals surface area contributed by atoms with Crippen LogP contribution in [0.25, 0.3) is 0 Å². The van der Waals surface area contributed by atoms with Crippen LogP contribution in [-0.2, 0) is 14.8 Å². The first-order valence-electron chi connectivity index (χ1n) is 5.82. The predicted molar refractivity (Wildman–Crippen MR) is 72.7 cm³/mol. The van der Waals surface area contributed by atoms with E-state index in [2.05, 4.69) is 0 Å². The number of carbonyl (C=O) groups excluding carboxylic acids is 1. The average Bonchev–Trinajstić information content (AvgIpc) is 2.38. The Hall–Kier alpha value is -1.48. The van der Waals surface area contributed by atoms with Gasteiger partial charge in [-0.25, -0.2) is 8.42 Å². The van der Waals surface area contributed by atoms with E-state index in [1.165, 1.54) is 38.4 Å². The summed E-state index contributed by atoms with van der Waals surface area (Å²) in [5.74, 6) is -0.627. The van der Waals surface area contributed by atoms with E-state index in [1.807, 2.05) is 0 Å². The number of hydrogen-bond donors (Lipinski definition) is 2. The molecule has 1 atom stereocenters. The first-order chi connectivity index (χ1) is 9.28. The van der Waals surface area contributed by atoms with Gasteiger partial charge in [0.05, 0.1) is 17.6 Å². The quantitative estimate of drug-likeness (QED) is 0.700. The normalized spacial score (nSPS) is 13.4. The molecule has 1 unspecified atom stereocenters. The largest absolute Gasteiger partial charge is 0.389 e. The third kappa shape index (κ3) is 4.01. The van der Waals surface area contributed by atoms with Crippen LogP contribution in [0.5, 0.6) is 0 Å². The van der Waals surface area contributed by atoms with Gasteiger partial charge < -0.3 is 15.6 Å². The molecular weight excluding hydrogens is 284 g/mol. The Labute approximate surface area is 118 Å². The summed E-state index contributed by atoms with van der Waals surface area (Å²) in [5, 5.41) is 9.55. The summed E-state index contributed by atoms with van der Waals surface area (Å²) in [6.07, 6.45) is -0.912. The molecule has 0 aromatic heterocycles. The summed E-state index contributed by atoms with van der Waals surface area (Å²) in [5.41, 5.74) is 5.31. The number of amides is 1. The molecule has 1 rings (SSSR count). The van der Waals surface area contributed by atoms with Crippen LogP contribution in [0.4, 0.5) is 0 Å². The van der Waals surface area contributed by atoms with Crippen molar-refractivity contribution in [2.45, 2.75) is 11.0 Å². The number of sulfonamides is 1. The summed E-state index contributed by atoms with van der Waals surface area (Å²) in [4.78, 5) is 11.0. The molecule has 0 fully saturated rings. The van der Waals surface area contributed by atoms with Gasteiger partial charge in [-0.15, -0.1) is 0 Å². The fraction of sp³-hybridized carbons (Fsp3) is 0.417. The summed E-state index contributed by atoms with van der Waals surface area (Å²) >= 11 is 0. The maximum Gasteiger partial charge on any atom is 0.248 e. The minimum absolute atomic E-state index is 0.0228. The lowest BCUT2D eigenvalue weighted by Gasteiger charge is -2.20. The second-order valence-corrected chi connectivity index (χ2v) is 6.33. The van der Waals surface area contributed by atoms with Gasteiger partial charge in [-0.3, -0.25) is 4.79 Å². The third-order valence-electron chi connectivity index (χ3n) is 2.67. The number of carbonyl (C=O) groups is 1. The number of likely N-dealkylation sites (N-methyl/N-ethyl adjacent to an activating group) is 1. The third-order valence-corrected chi connectivity index (χ3v) is 4.51. The van der Waals surface area contributed by atoms with Crippen molar-refractivity contribution < 1.29 is 23.1 Å². The smallest absolute Gasteiger partial charge is 0.248 e. The SMILES string of the molecule is COCC(O)CN(C)S(=O)(=O)c1ccc(C(N)=O)cc1. The van der Waals surface area contributed by atoms with Crippen LogP contribution < -0.4 is 5.73 Å². The number of primary amides is 1. The van der Waals surface area contributed by atoms with Gasteiger partial charge in [0.1, 0.15) is 0 Å². The highest BCUT2D eigenvalue weighted by atomic mass is 32.2. The van der Waals surface area contributed by atoms with Crippen LogP contribution in [0.15, 0.2) is 29.2 Å². The number of benzene rings is 1. The van der Waals surface area contributed by atoms with Gasteiger partial charge in [0.2, 0.25) is 15.9 Å². The molecule has 1 aromatic rings. The van der Waals surface area contributed by atoms with Crippen molar-refractivity contribution in [3.8, 4) is 0 Å². The minimum atomic E-state index is -3.73. The molecule has 1 aromatic carbocycles. The first kappa shape index (κ1) is 16.6. The standard InChI is InChI=1S/C12H18N2O5S/c1-14(7-10(15)8-19-2)20(17,18)11-5-3-9(4-6-11)12(13)16/h3-6,10,15H,7-8H2,1-2H3,(H2,13,16). The molecule has 0 spiro atoms. The fourth-order valence-corrected chi connectivity index (χ4v) is 2.82. The molecule has 0 radical (unpaired) electrons. The molecule has 0 aliphatic rings. The van der Waals surface area contributed by atoms with E-state index >= 15 is 0 Å². The van der Waals surface area contributed by atoms with Gasteiger partial charge in [0.25, 0.3) is 0 Å². The lowest BCUT2D eigenvalue weighted by Crippen LogP contribution is -2.36. The van der Waals surface area contributed by atoms with Gasteiger partial charge in [-0.1, -0.05) is 0 Å². The number of nitrogens with zero attached hydrogens (tertiary/aromatic N) is 1. The summed E-state index contributed by atoms with van der Waals surface area (Å²) < 4.78 is 30.2. The summed E-state index contributed by atoms with van der Waals surface area (Å²) in [6, 6.07) is 5.28. The maximum atomic E-state index is 12.2. The highest BCUT2D eigenvalue weighted by Gasteiger charge is 2.23. The second kappa shape index (κ2) is 6.80. The van der Waals surface area contributed by atoms with E-state index in [4.69, 9.17) is 10.5 Å². The molecule has 8 heteroatoms. The first-order valence-corrected chi connectivity index (χ1v) is 7.26. The van der Waals surface area contributed by atoms with E-state index in [1.54, 1.807) is 0 Å². The van der Waals surface area contributed by atoms with Crippen molar-refractivity contribution >= 4 is 15.9 Å². The fourth-order valence-electron chi connectivity index (χ4n) is 1.61. The lowest BCUT2D eigenvalue weighted by molar-refractivity contribution is 0.0554. The monoisotopic (exact) mass is 302 g/mol. The minimum Gasteiger partial charge on any atom is -0.389 e. The lowest BCUT2D eigenvalue weighted by atomic mass is 10.2. The number of rotatable bonds is 7. The Bertz CT molecular complexity index is 556. The number of nitrogens with two attached hydrogens (primary N) is 1. The predicted octanol–water partition coefficient (Wildman–Crippen LogP) is -0.587. The Morgan fingerprint density at radius 2 is 1.95 bits per heavy atom. The number of methoxy groups -OCH3 is 1. The van der Waals surface area contributed by atoms with Crippen molar-refractivity contribution in [3.05, 3.63) is 29.8 Å². The molecule has 0 aliphatic heterocycles. The molecule has 7 nitrogen and oxygen atoms in total. The molecule has 20 heavy (non-hydrogen) atoms. The average molecular weight is 302 g/mol. The molecule has 3 N–H and O–H groups in total. The number of ether oxygens (including phenoxy) is 1. The number of aliphatic hydroxyl groups excluding tert-OH is 1. The van der Waals surface area contributed by atoms with E-state index in [9.17, 15) is 18.3 Å². The Morgan fingerprint density at radius 1 is 1.40 bits per heavy atom. The van der Waals surface area contributed by atoms with Crippen LogP contribution in [0.3, 0.4) is 0 Å². The Balaban J connectivity index is 2.89. The summed E-state index contributed by atoms with van der Waals surface area (Å²) in [6.45, 7) is -0.0474. The van der Waals surface area contributed by atoms with Crippen LogP contribution in [0.1, 0.15) is 10.4 Å². The van der Waals surface area contributed by atoms with Crippen molar-refractivity contribution in [2.75, 3.05) is 27.3 Å².